The molecule has 0 aliphatic carbocycles. The highest BCUT2D eigenvalue weighted by molar-refractivity contribution is 6.04. The van der Waals surface area contributed by atoms with E-state index in [2.05, 4.69) is 31.0 Å². The van der Waals surface area contributed by atoms with Gasteiger partial charge >= 0.3 is 12.1 Å². The van der Waals surface area contributed by atoms with Gasteiger partial charge < -0.3 is 28.9 Å². The van der Waals surface area contributed by atoms with Gasteiger partial charge in [-0.15, -0.1) is 6.42 Å². The first-order valence-electron chi connectivity index (χ1n) is 28.2. The maximum atomic E-state index is 17.4. The standard InChI is InChI=1S/C59H65F2N11O6/c1-3-40-44(60)13-9-37-7-4-8-41(48(37)40)52-50(61)53-49-45(62-52)14-10-38-32-76-30-6-24-71(38)55(49)66-57(65-53)78-34-59-22-5-25-72(59)39(17-23-59)33-77-58(75)70-28-20-36(21-29-70)31-35-18-26-69(27-19-35)46-15-11-42-51(67-68(2)54(42)63-46)43-12-16-47(73)64-56(43)74/h1,4,7-9,11,13,15,35-36,38-39,43H,5-6,10,12,14,16-34H2,2H3,(H,64,73,74)/t38-,39-,43?,59-/m0/s1. The predicted molar refractivity (Wildman–Crippen MR) is 289 cm³/mol. The Balaban J connectivity index is 0.634. The molecule has 19 heteroatoms. The second-order valence-electron chi connectivity index (χ2n) is 22.8. The molecule has 406 valence electrons. The highest BCUT2D eigenvalue weighted by Gasteiger charge is 2.50. The lowest BCUT2D eigenvalue weighted by atomic mass is 9.83. The van der Waals surface area contributed by atoms with Crippen molar-refractivity contribution in [2.75, 3.05) is 75.5 Å². The molecular weight excluding hydrogens is 997 g/mol. The first-order chi connectivity index (χ1) is 38.0. The number of pyridine rings is 2. The summed E-state index contributed by atoms with van der Waals surface area (Å²) in [6, 6.07) is 12.5. The number of amides is 3. The SMILES string of the molecule is C#Cc1c(F)ccc2cccc(-c3nc4c5c(nc(OC[C@@]67CCCN6[C@H](COC(=O)N6CCC(CC8CCN(c9ccc%10c(C%11CCC(=O)NC%11=O)nn(C)c%10n9)CC8)CC6)CC7)nc5c3F)N3CCCOC[C@@H]3CC4)c12. The number of ether oxygens (including phenoxy) is 3. The molecule has 78 heavy (non-hydrogen) atoms. The van der Waals surface area contributed by atoms with Crippen molar-refractivity contribution in [3.8, 4) is 29.6 Å². The third-order valence-electron chi connectivity index (χ3n) is 18.3. The fourth-order valence-electron chi connectivity index (χ4n) is 14.2. The molecule has 6 aromatic rings. The highest BCUT2D eigenvalue weighted by atomic mass is 19.1. The maximum absolute atomic E-state index is 17.4. The van der Waals surface area contributed by atoms with Gasteiger partial charge in [-0.05, 0) is 125 Å². The molecule has 0 spiro atoms. The molecule has 11 heterocycles. The van der Waals surface area contributed by atoms with E-state index in [0.29, 0.717) is 116 Å². The normalized spacial score (nSPS) is 24.3. The fourth-order valence-corrected chi connectivity index (χ4v) is 14.2. The molecule has 0 radical (unpaired) electrons. The average Bonchev–Trinajstić information content (AvgIpc) is 4.13. The lowest BCUT2D eigenvalue weighted by molar-refractivity contribution is -0.134. The Labute approximate surface area is 451 Å². The van der Waals surface area contributed by atoms with Crippen LogP contribution in [0.4, 0.5) is 25.2 Å². The van der Waals surface area contributed by atoms with E-state index >= 15 is 8.78 Å². The smallest absolute Gasteiger partial charge is 0.409 e. The van der Waals surface area contributed by atoms with Crippen molar-refractivity contribution in [2.45, 2.75) is 113 Å². The van der Waals surface area contributed by atoms with Crippen molar-refractivity contribution in [1.29, 1.82) is 0 Å². The van der Waals surface area contributed by atoms with Crippen LogP contribution in [0.3, 0.4) is 0 Å². The van der Waals surface area contributed by atoms with Gasteiger partial charge in [0.15, 0.2) is 11.5 Å². The van der Waals surface area contributed by atoms with Gasteiger partial charge in [0.2, 0.25) is 11.8 Å². The molecule has 13 rings (SSSR count). The molecule has 0 saturated carbocycles. The Hall–Kier alpha value is -7.04. The summed E-state index contributed by atoms with van der Waals surface area (Å²) in [7, 11) is 1.85. The van der Waals surface area contributed by atoms with Crippen LogP contribution in [0.25, 0.3) is 44.0 Å². The van der Waals surface area contributed by atoms with E-state index in [-0.39, 0.29) is 58.3 Å². The van der Waals surface area contributed by atoms with Gasteiger partial charge in [-0.2, -0.15) is 15.1 Å². The lowest BCUT2D eigenvalue weighted by Gasteiger charge is -2.37. The molecule has 6 fully saturated rings. The molecule has 6 saturated heterocycles. The Morgan fingerprint density at radius 1 is 0.885 bits per heavy atom. The Morgan fingerprint density at radius 3 is 2.54 bits per heavy atom. The second-order valence-corrected chi connectivity index (χ2v) is 22.8. The van der Waals surface area contributed by atoms with Gasteiger partial charge in [0.25, 0.3) is 0 Å². The average molecular weight is 1060 g/mol. The summed E-state index contributed by atoms with van der Waals surface area (Å²) in [5, 5.41) is 9.63. The molecule has 0 bridgehead atoms. The number of aryl methyl sites for hydroxylation is 2. The number of nitrogens with zero attached hydrogens (tertiary/aromatic N) is 10. The zero-order valence-electron chi connectivity index (χ0n) is 44.2. The van der Waals surface area contributed by atoms with Crippen LogP contribution in [0.2, 0.25) is 0 Å². The molecular formula is C59H65F2N11O6. The number of fused-ring (bicyclic) bond motifs is 5. The van der Waals surface area contributed by atoms with Crippen LogP contribution in [0, 0.1) is 35.8 Å². The number of terminal acetylenes is 1. The number of hydrogen-bond acceptors (Lipinski definition) is 14. The number of carbonyl (C=O) groups excluding carboxylic acids is 3. The minimum absolute atomic E-state index is 0.00449. The molecule has 4 aromatic heterocycles. The van der Waals surface area contributed by atoms with Gasteiger partial charge in [0.1, 0.15) is 41.9 Å². The lowest BCUT2D eigenvalue weighted by Crippen LogP contribution is -2.48. The number of carbonyl (C=O) groups is 3. The minimum Gasteiger partial charge on any atom is -0.461 e. The van der Waals surface area contributed by atoms with Crippen molar-refractivity contribution < 1.29 is 37.4 Å². The van der Waals surface area contributed by atoms with Crippen molar-refractivity contribution in [3.05, 3.63) is 71.1 Å². The van der Waals surface area contributed by atoms with Crippen LogP contribution >= 0.6 is 0 Å². The van der Waals surface area contributed by atoms with Crippen LogP contribution < -0.4 is 19.9 Å². The molecule has 4 atom stereocenters. The first kappa shape index (κ1) is 50.5. The number of nitrogens with one attached hydrogen (secondary N) is 1. The Morgan fingerprint density at radius 2 is 1.72 bits per heavy atom. The summed E-state index contributed by atoms with van der Waals surface area (Å²) in [6.45, 7) is 6.48. The van der Waals surface area contributed by atoms with E-state index in [1.54, 1.807) is 22.9 Å². The Bertz CT molecular complexity index is 3410. The van der Waals surface area contributed by atoms with E-state index < -0.39 is 17.6 Å². The molecule has 3 amide bonds. The van der Waals surface area contributed by atoms with Crippen LogP contribution in [-0.4, -0.2) is 141 Å². The zero-order chi connectivity index (χ0) is 53.2. The summed E-state index contributed by atoms with van der Waals surface area (Å²) in [4.78, 5) is 66.8. The number of halogens is 2. The monoisotopic (exact) mass is 1060 g/mol. The maximum Gasteiger partial charge on any atom is 0.409 e. The topological polar surface area (TPSA) is 173 Å². The van der Waals surface area contributed by atoms with E-state index in [1.165, 1.54) is 6.07 Å². The molecule has 1 unspecified atom stereocenters. The molecule has 17 nitrogen and oxygen atoms in total. The highest BCUT2D eigenvalue weighted by Crippen LogP contribution is 2.45. The summed E-state index contributed by atoms with van der Waals surface area (Å²) < 4.78 is 53.2. The van der Waals surface area contributed by atoms with Gasteiger partial charge in [0, 0.05) is 75.2 Å². The number of imide groups is 1. The number of anilines is 2. The van der Waals surface area contributed by atoms with Crippen molar-refractivity contribution in [3.63, 3.8) is 0 Å². The molecule has 1 N–H and O–H groups in total. The summed E-state index contributed by atoms with van der Waals surface area (Å²) in [5.74, 6) is 2.97. The molecule has 7 aliphatic heterocycles. The third-order valence-corrected chi connectivity index (χ3v) is 18.3. The zero-order valence-corrected chi connectivity index (χ0v) is 44.2. The van der Waals surface area contributed by atoms with Crippen LogP contribution in [-0.2, 0) is 32.5 Å². The van der Waals surface area contributed by atoms with Crippen LogP contribution in [0.5, 0.6) is 6.01 Å². The van der Waals surface area contributed by atoms with Gasteiger partial charge in [-0.25, -0.2) is 23.5 Å². The summed E-state index contributed by atoms with van der Waals surface area (Å²) in [6.07, 6.45) is 17.2. The van der Waals surface area contributed by atoms with Gasteiger partial charge in [0.05, 0.1) is 46.4 Å². The second kappa shape index (κ2) is 20.6. The number of piperidine rings is 3. The van der Waals surface area contributed by atoms with E-state index in [0.717, 1.165) is 107 Å². The number of likely N-dealkylation sites (tertiary alicyclic amines) is 1. The first-order valence-corrected chi connectivity index (χ1v) is 28.2. The van der Waals surface area contributed by atoms with Crippen LogP contribution in [0.1, 0.15) is 106 Å². The fraction of sp³-hybridized carbons (Fsp3) is 0.525. The third kappa shape index (κ3) is 9.11. The number of benzene rings is 2. The molecule has 7 aliphatic rings. The van der Waals surface area contributed by atoms with E-state index in [1.807, 2.05) is 30.1 Å². The predicted octanol–water partition coefficient (Wildman–Crippen LogP) is 7.98. The van der Waals surface area contributed by atoms with Gasteiger partial charge in [-0.3, -0.25) is 24.5 Å². The van der Waals surface area contributed by atoms with Crippen molar-refractivity contribution >= 4 is 62.3 Å². The number of hydrogen-bond donors (Lipinski definition) is 1. The van der Waals surface area contributed by atoms with Crippen molar-refractivity contribution in [1.82, 2.24) is 44.8 Å². The number of rotatable bonds is 10. The molecule has 2 aromatic carbocycles. The summed E-state index contributed by atoms with van der Waals surface area (Å²) in [5.41, 5.74) is 2.39. The number of aromatic nitrogens is 6. The Kier molecular flexibility index (Phi) is 13.4. The van der Waals surface area contributed by atoms with Crippen LogP contribution in [0.15, 0.2) is 42.5 Å². The largest absolute Gasteiger partial charge is 0.461 e. The quantitative estimate of drug-likeness (QED) is 0.103. The van der Waals surface area contributed by atoms with E-state index in [4.69, 9.17) is 40.6 Å². The minimum atomic E-state index is -0.642. The van der Waals surface area contributed by atoms with Gasteiger partial charge in [-0.1, -0.05) is 30.2 Å². The van der Waals surface area contributed by atoms with E-state index in [9.17, 15) is 14.4 Å². The van der Waals surface area contributed by atoms with Crippen molar-refractivity contribution in [2.24, 2.45) is 18.9 Å². The summed E-state index contributed by atoms with van der Waals surface area (Å²) >= 11 is 0.